The molecule has 3 aromatic carbocycles. The molecule has 1 heterocycles. The topological polar surface area (TPSA) is 87.1 Å². The van der Waals surface area contributed by atoms with Gasteiger partial charge in [0, 0.05) is 37.0 Å². The summed E-state index contributed by atoms with van der Waals surface area (Å²) in [5.41, 5.74) is 1.61. The molecular formula is C31H35FN2O5S. The van der Waals surface area contributed by atoms with Gasteiger partial charge in [0.15, 0.2) is 0 Å². The third-order valence-electron chi connectivity index (χ3n) is 7.98. The van der Waals surface area contributed by atoms with E-state index in [-0.39, 0.29) is 23.0 Å². The number of hydrogen-bond acceptors (Lipinski definition) is 5. The Balaban J connectivity index is 1.76. The van der Waals surface area contributed by atoms with Crippen molar-refractivity contribution in [2.75, 3.05) is 18.5 Å². The van der Waals surface area contributed by atoms with E-state index in [4.69, 9.17) is 4.74 Å². The van der Waals surface area contributed by atoms with Gasteiger partial charge in [0.05, 0.1) is 17.4 Å². The number of likely N-dealkylation sites (N-methyl/N-ethyl adjacent to an activating group) is 1. The summed E-state index contributed by atoms with van der Waals surface area (Å²) < 4.78 is 50.6. The largest absolute Gasteiger partial charge is 0.490 e. The molecule has 212 valence electrons. The number of benzene rings is 3. The Morgan fingerprint density at radius 3 is 2.38 bits per heavy atom. The Bertz CT molecular complexity index is 1500. The Kier molecular flexibility index (Phi) is 7.88. The molecule has 40 heavy (non-hydrogen) atoms. The molecule has 0 amide bonds. The highest BCUT2D eigenvalue weighted by molar-refractivity contribution is 7.89. The number of sulfonamides is 1. The summed E-state index contributed by atoms with van der Waals surface area (Å²) in [7, 11) is -2.30. The lowest BCUT2D eigenvalue weighted by atomic mass is 9.83. The van der Waals surface area contributed by atoms with Crippen molar-refractivity contribution in [3.05, 3.63) is 72.0 Å². The third-order valence-corrected chi connectivity index (χ3v) is 9.89. The first-order chi connectivity index (χ1) is 19.1. The summed E-state index contributed by atoms with van der Waals surface area (Å²) in [6, 6.07) is 16.5. The molecule has 1 aliphatic heterocycles. The minimum atomic E-state index is -3.96. The summed E-state index contributed by atoms with van der Waals surface area (Å²) in [4.78, 5) is 13.9. The van der Waals surface area contributed by atoms with E-state index in [1.165, 1.54) is 16.4 Å². The number of rotatable bonds is 6. The second-order valence-electron chi connectivity index (χ2n) is 10.9. The van der Waals surface area contributed by atoms with E-state index in [2.05, 4.69) is 4.90 Å². The summed E-state index contributed by atoms with van der Waals surface area (Å²) in [5, 5.41) is 9.53. The monoisotopic (exact) mass is 566 g/mol. The molecule has 0 aromatic heterocycles. The first-order valence-corrected chi connectivity index (χ1v) is 15.2. The number of para-hydroxylation sites is 1. The van der Waals surface area contributed by atoms with Crippen LogP contribution in [0.1, 0.15) is 56.3 Å². The lowest BCUT2D eigenvalue weighted by Crippen LogP contribution is -2.46. The molecule has 7 nitrogen and oxygen atoms in total. The van der Waals surface area contributed by atoms with E-state index >= 15 is 0 Å². The molecule has 2 aliphatic rings. The van der Waals surface area contributed by atoms with Crippen molar-refractivity contribution in [2.45, 2.75) is 63.0 Å². The average molecular weight is 567 g/mol. The number of carbonyl (C=O) groups is 1. The zero-order chi connectivity index (χ0) is 28.6. The van der Waals surface area contributed by atoms with Gasteiger partial charge in [0.25, 0.3) is 0 Å². The van der Waals surface area contributed by atoms with Crippen LogP contribution < -0.4 is 9.64 Å². The van der Waals surface area contributed by atoms with Crippen LogP contribution in [0.4, 0.5) is 15.8 Å². The number of aromatic carboxylic acids is 1. The predicted octanol–water partition coefficient (Wildman–Crippen LogP) is 6.70. The predicted molar refractivity (Wildman–Crippen MR) is 153 cm³/mol. The Hall–Kier alpha value is -3.43. The molecule has 0 bridgehead atoms. The summed E-state index contributed by atoms with van der Waals surface area (Å²) in [6.45, 7) is 4.21. The zero-order valence-corrected chi connectivity index (χ0v) is 23.8. The molecule has 0 saturated heterocycles. The van der Waals surface area contributed by atoms with E-state index < -0.39 is 27.4 Å². The van der Waals surface area contributed by atoms with Gasteiger partial charge in [-0.25, -0.2) is 17.6 Å². The van der Waals surface area contributed by atoms with Gasteiger partial charge in [-0.1, -0.05) is 43.5 Å². The third kappa shape index (κ3) is 5.32. The molecule has 1 N–H and O–H groups in total. The first kappa shape index (κ1) is 28.1. The van der Waals surface area contributed by atoms with E-state index in [9.17, 15) is 22.7 Å². The highest BCUT2D eigenvalue weighted by Gasteiger charge is 2.41. The van der Waals surface area contributed by atoms with E-state index in [1.54, 1.807) is 19.2 Å². The number of ether oxygens (including phenoxy) is 1. The summed E-state index contributed by atoms with van der Waals surface area (Å²) >= 11 is 0. The standard InChI is InChI=1S/C31H35FN2O5S/c1-20(2)39-29-18-27-30(17-24(29)22-14-15-26(32)25(16-22)31(35)36)40(37,38)33(3)28(21-10-6-4-7-11-21)19-34(27)23-12-8-5-9-13-23/h5,8-9,12-18,20-21,28H,4,6-7,10-11,19H2,1-3H3,(H,35,36)/t28-/m0/s1. The second-order valence-corrected chi connectivity index (χ2v) is 12.9. The quantitative estimate of drug-likeness (QED) is 0.357. The van der Waals surface area contributed by atoms with Crippen molar-refractivity contribution in [3.8, 4) is 16.9 Å². The fraction of sp³-hybridized carbons (Fsp3) is 0.387. The van der Waals surface area contributed by atoms with Crippen LogP contribution >= 0.6 is 0 Å². The molecule has 1 fully saturated rings. The lowest BCUT2D eigenvalue weighted by Gasteiger charge is -2.36. The average Bonchev–Trinajstić information content (AvgIpc) is 3.01. The van der Waals surface area contributed by atoms with Crippen LogP contribution in [0.25, 0.3) is 11.1 Å². The molecule has 0 spiro atoms. The van der Waals surface area contributed by atoms with Crippen LogP contribution in [0.15, 0.2) is 65.6 Å². The summed E-state index contributed by atoms with van der Waals surface area (Å²) in [6.07, 6.45) is 5.04. The molecule has 1 atom stereocenters. The van der Waals surface area contributed by atoms with Gasteiger partial charge in [-0.2, -0.15) is 4.31 Å². The van der Waals surface area contributed by atoms with Crippen molar-refractivity contribution < 1.29 is 27.4 Å². The molecule has 0 unspecified atom stereocenters. The Labute approximate surface area is 235 Å². The first-order valence-electron chi connectivity index (χ1n) is 13.8. The molecule has 0 radical (unpaired) electrons. The zero-order valence-electron chi connectivity index (χ0n) is 23.0. The number of nitrogens with zero attached hydrogens (tertiary/aromatic N) is 2. The van der Waals surface area contributed by atoms with E-state index in [0.717, 1.165) is 43.9 Å². The van der Waals surface area contributed by atoms with Crippen LogP contribution in [0.2, 0.25) is 0 Å². The van der Waals surface area contributed by atoms with Gasteiger partial charge >= 0.3 is 5.97 Å². The van der Waals surface area contributed by atoms with Crippen LogP contribution in [0, 0.1) is 11.7 Å². The van der Waals surface area contributed by atoms with Crippen LogP contribution in [-0.4, -0.2) is 49.5 Å². The normalized spacial score (nSPS) is 19.7. The van der Waals surface area contributed by atoms with Crippen molar-refractivity contribution in [1.82, 2.24) is 4.31 Å². The van der Waals surface area contributed by atoms with E-state index in [1.807, 2.05) is 44.2 Å². The summed E-state index contributed by atoms with van der Waals surface area (Å²) in [5.74, 6) is -1.64. The fourth-order valence-corrected chi connectivity index (χ4v) is 7.56. The van der Waals surface area contributed by atoms with Crippen LogP contribution in [0.3, 0.4) is 0 Å². The van der Waals surface area contributed by atoms with Crippen LogP contribution in [-0.2, 0) is 10.0 Å². The molecule has 9 heteroatoms. The van der Waals surface area contributed by atoms with Gasteiger partial charge in [-0.15, -0.1) is 0 Å². The SMILES string of the molecule is CC(C)Oc1cc2c(cc1-c1ccc(F)c(C(=O)O)c1)S(=O)(=O)N(C)[C@H](C1CCCCC1)CN2c1ccccc1. The van der Waals surface area contributed by atoms with Crippen molar-refractivity contribution in [1.29, 1.82) is 0 Å². The lowest BCUT2D eigenvalue weighted by molar-refractivity contribution is 0.0692. The van der Waals surface area contributed by atoms with E-state index in [0.29, 0.717) is 29.1 Å². The smallest absolute Gasteiger partial charge is 0.338 e. The van der Waals surface area contributed by atoms with Crippen molar-refractivity contribution in [2.24, 2.45) is 5.92 Å². The maximum absolute atomic E-state index is 14.3. The number of anilines is 2. The number of hydrogen-bond donors (Lipinski definition) is 1. The van der Waals surface area contributed by atoms with Crippen molar-refractivity contribution >= 4 is 27.4 Å². The van der Waals surface area contributed by atoms with Crippen molar-refractivity contribution in [3.63, 3.8) is 0 Å². The number of carboxylic acids is 1. The maximum atomic E-state index is 14.3. The minimum Gasteiger partial charge on any atom is -0.490 e. The molecule has 5 rings (SSSR count). The maximum Gasteiger partial charge on any atom is 0.338 e. The molecule has 3 aromatic rings. The highest BCUT2D eigenvalue weighted by atomic mass is 32.2. The Morgan fingerprint density at radius 1 is 1.02 bits per heavy atom. The molecule has 1 aliphatic carbocycles. The second kappa shape index (κ2) is 11.2. The Morgan fingerprint density at radius 2 is 1.73 bits per heavy atom. The fourth-order valence-electron chi connectivity index (χ4n) is 5.95. The van der Waals surface area contributed by atoms with Gasteiger partial charge in [-0.3, -0.25) is 0 Å². The number of fused-ring (bicyclic) bond motifs is 1. The highest BCUT2D eigenvalue weighted by Crippen LogP contribution is 2.46. The number of carboxylic acid groups (broad SMARTS) is 1. The van der Waals surface area contributed by atoms with Gasteiger partial charge < -0.3 is 14.7 Å². The molecular weight excluding hydrogens is 531 g/mol. The van der Waals surface area contributed by atoms with Gasteiger partial charge in [0.1, 0.15) is 16.5 Å². The minimum absolute atomic E-state index is 0.101. The van der Waals surface area contributed by atoms with Crippen LogP contribution in [0.5, 0.6) is 5.75 Å². The van der Waals surface area contributed by atoms with Gasteiger partial charge in [0.2, 0.25) is 10.0 Å². The van der Waals surface area contributed by atoms with Gasteiger partial charge in [-0.05, 0) is 68.5 Å². The molecule has 1 saturated carbocycles. The number of halogens is 1.